The number of hydrogen-bond acceptors (Lipinski definition) is 6. The molecule has 0 fully saturated rings. The van der Waals surface area contributed by atoms with Gasteiger partial charge in [-0.3, -0.25) is 4.79 Å². The van der Waals surface area contributed by atoms with E-state index in [-0.39, 0.29) is 0 Å². The largest absolute Gasteiger partial charge is 0.486 e. The second-order valence-corrected chi connectivity index (χ2v) is 6.06. The molecule has 1 aromatic heterocycles. The second kappa shape index (κ2) is 6.29. The lowest BCUT2D eigenvalue weighted by atomic mass is 10.1. The topological polar surface area (TPSA) is 87.8 Å². The van der Waals surface area contributed by atoms with Crippen LogP contribution < -0.4 is 15.2 Å². The Labute approximate surface area is 136 Å². The third kappa shape index (κ3) is 3.29. The Morgan fingerprint density at radius 3 is 2.65 bits per heavy atom. The molecule has 0 saturated carbocycles. The molecule has 0 unspecified atom stereocenters. The van der Waals surface area contributed by atoms with Gasteiger partial charge in [0.05, 0.1) is 0 Å². The lowest BCUT2D eigenvalue weighted by molar-refractivity contribution is -0.125. The average molecular weight is 333 g/mol. The quantitative estimate of drug-likeness (QED) is 0.867. The van der Waals surface area contributed by atoms with Crippen molar-refractivity contribution >= 4 is 23.2 Å². The number of carbonyl (C=O) groups is 2. The highest BCUT2D eigenvalue weighted by Crippen LogP contribution is 2.37. The molecule has 1 atom stereocenters. The van der Waals surface area contributed by atoms with E-state index < -0.39 is 18.0 Å². The Morgan fingerprint density at radius 2 is 1.91 bits per heavy atom. The van der Waals surface area contributed by atoms with E-state index in [0.29, 0.717) is 29.6 Å². The Kier molecular flexibility index (Phi) is 4.20. The van der Waals surface area contributed by atoms with Gasteiger partial charge < -0.3 is 19.9 Å². The molecule has 1 amide bonds. The van der Waals surface area contributed by atoms with Gasteiger partial charge in [0, 0.05) is 4.88 Å². The molecule has 0 radical (unpaired) electrons. The van der Waals surface area contributed by atoms with E-state index in [4.69, 9.17) is 19.9 Å². The number of carbonyl (C=O) groups excluding carboxylic acids is 2. The molecule has 2 aromatic rings. The van der Waals surface area contributed by atoms with Gasteiger partial charge in [0.2, 0.25) is 0 Å². The molecule has 3 rings (SSSR count). The predicted octanol–water partition coefficient (Wildman–Crippen LogP) is 2.22. The van der Waals surface area contributed by atoms with Crippen molar-refractivity contribution in [2.75, 3.05) is 13.2 Å². The zero-order valence-corrected chi connectivity index (χ0v) is 13.2. The fourth-order valence-electron chi connectivity index (χ4n) is 2.08. The molecule has 0 saturated heterocycles. The van der Waals surface area contributed by atoms with Gasteiger partial charge in [0.15, 0.2) is 17.6 Å². The Bertz CT molecular complexity index is 755. The lowest BCUT2D eigenvalue weighted by Crippen LogP contribution is -2.30. The fraction of sp³-hybridized carbons (Fsp3) is 0.250. The van der Waals surface area contributed by atoms with Crippen LogP contribution in [0.5, 0.6) is 11.5 Å². The maximum atomic E-state index is 12.0. The summed E-state index contributed by atoms with van der Waals surface area (Å²) in [6, 6.07) is 9.10. The summed E-state index contributed by atoms with van der Waals surface area (Å²) in [6.07, 6.45) is -0.956. The summed E-state index contributed by atoms with van der Waals surface area (Å²) >= 11 is 1.28. The second-order valence-electron chi connectivity index (χ2n) is 4.97. The van der Waals surface area contributed by atoms with Crippen LogP contribution in [-0.4, -0.2) is 31.2 Å². The van der Waals surface area contributed by atoms with Crippen molar-refractivity contribution in [2.24, 2.45) is 5.73 Å². The number of primary amides is 1. The molecule has 0 spiro atoms. The number of rotatable bonds is 4. The van der Waals surface area contributed by atoms with Crippen molar-refractivity contribution in [3.8, 4) is 21.9 Å². The Morgan fingerprint density at radius 1 is 1.17 bits per heavy atom. The van der Waals surface area contributed by atoms with E-state index >= 15 is 0 Å². The standard InChI is InChI=1S/C16H15NO5S/c1-9(15(17)18)22-16(19)14-5-4-13(23-14)10-2-3-11-12(8-10)21-7-6-20-11/h2-5,8-9H,6-7H2,1H3,(H2,17,18)/t9-/m1/s1. The van der Waals surface area contributed by atoms with Crippen molar-refractivity contribution in [2.45, 2.75) is 13.0 Å². The van der Waals surface area contributed by atoms with Gasteiger partial charge in [0.1, 0.15) is 18.1 Å². The van der Waals surface area contributed by atoms with Gasteiger partial charge in [-0.05, 0) is 42.8 Å². The van der Waals surface area contributed by atoms with Crippen LogP contribution in [0, 0.1) is 0 Å². The highest BCUT2D eigenvalue weighted by molar-refractivity contribution is 7.17. The number of hydrogen-bond donors (Lipinski definition) is 1. The van der Waals surface area contributed by atoms with Crippen molar-refractivity contribution < 1.29 is 23.8 Å². The minimum atomic E-state index is -0.956. The van der Waals surface area contributed by atoms with Crippen molar-refractivity contribution in [3.63, 3.8) is 0 Å². The molecule has 0 bridgehead atoms. The van der Waals surface area contributed by atoms with E-state index in [2.05, 4.69) is 0 Å². The van der Waals surface area contributed by atoms with Crippen LogP contribution in [0.25, 0.3) is 10.4 Å². The molecule has 0 aliphatic carbocycles. The maximum Gasteiger partial charge on any atom is 0.349 e. The molecule has 1 aliphatic rings. The lowest BCUT2D eigenvalue weighted by Gasteiger charge is -2.18. The predicted molar refractivity (Wildman–Crippen MR) is 84.8 cm³/mol. The first-order valence-electron chi connectivity index (χ1n) is 7.05. The van der Waals surface area contributed by atoms with Gasteiger partial charge in [-0.2, -0.15) is 0 Å². The smallest absolute Gasteiger partial charge is 0.349 e. The number of ether oxygens (including phenoxy) is 3. The normalized spacial score (nSPS) is 14.1. The van der Waals surface area contributed by atoms with E-state index in [1.165, 1.54) is 18.3 Å². The molecule has 120 valence electrons. The number of thiophene rings is 1. The monoisotopic (exact) mass is 333 g/mol. The van der Waals surface area contributed by atoms with Crippen molar-refractivity contribution in [3.05, 3.63) is 35.2 Å². The molecular weight excluding hydrogens is 318 g/mol. The Hall–Kier alpha value is -2.54. The van der Waals surface area contributed by atoms with Gasteiger partial charge in [-0.15, -0.1) is 11.3 Å². The average Bonchev–Trinajstić information content (AvgIpc) is 3.04. The SMILES string of the molecule is C[C@@H](OC(=O)c1ccc(-c2ccc3c(c2)OCCO3)s1)C(N)=O. The minimum Gasteiger partial charge on any atom is -0.486 e. The molecule has 6 nitrogen and oxygen atoms in total. The first-order chi connectivity index (χ1) is 11.0. The molecule has 7 heteroatoms. The number of nitrogens with two attached hydrogens (primary N) is 1. The van der Waals surface area contributed by atoms with Crippen LogP contribution >= 0.6 is 11.3 Å². The number of esters is 1. The minimum absolute atomic E-state index is 0.406. The molecule has 1 aliphatic heterocycles. The maximum absolute atomic E-state index is 12.0. The zero-order valence-electron chi connectivity index (χ0n) is 12.4. The molecule has 2 N–H and O–H groups in total. The Balaban J connectivity index is 1.79. The fourth-order valence-corrected chi connectivity index (χ4v) is 2.96. The van der Waals surface area contributed by atoms with Crippen LogP contribution in [0.15, 0.2) is 30.3 Å². The van der Waals surface area contributed by atoms with Crippen LogP contribution in [0.3, 0.4) is 0 Å². The first kappa shape index (κ1) is 15.4. The van der Waals surface area contributed by atoms with Crippen LogP contribution in [-0.2, 0) is 9.53 Å². The van der Waals surface area contributed by atoms with Gasteiger partial charge in [-0.1, -0.05) is 0 Å². The summed E-state index contributed by atoms with van der Waals surface area (Å²) in [4.78, 5) is 24.2. The summed E-state index contributed by atoms with van der Waals surface area (Å²) in [5.41, 5.74) is 6.00. The molecular formula is C16H15NO5S. The molecule has 2 heterocycles. The van der Waals surface area contributed by atoms with Gasteiger partial charge in [-0.25, -0.2) is 4.79 Å². The molecule has 1 aromatic carbocycles. The van der Waals surface area contributed by atoms with E-state index in [1.54, 1.807) is 6.07 Å². The van der Waals surface area contributed by atoms with Crippen LogP contribution in [0.1, 0.15) is 16.6 Å². The van der Waals surface area contributed by atoms with E-state index in [1.807, 2.05) is 24.3 Å². The summed E-state index contributed by atoms with van der Waals surface area (Å²) < 4.78 is 16.0. The first-order valence-corrected chi connectivity index (χ1v) is 7.86. The van der Waals surface area contributed by atoms with Gasteiger partial charge in [0.25, 0.3) is 5.91 Å². The third-order valence-electron chi connectivity index (χ3n) is 3.32. The van der Waals surface area contributed by atoms with Crippen LogP contribution in [0.2, 0.25) is 0 Å². The number of amides is 1. The summed E-state index contributed by atoms with van der Waals surface area (Å²) in [5.74, 6) is 0.159. The van der Waals surface area contributed by atoms with Crippen molar-refractivity contribution in [1.29, 1.82) is 0 Å². The van der Waals surface area contributed by atoms with Crippen molar-refractivity contribution in [1.82, 2.24) is 0 Å². The van der Waals surface area contributed by atoms with E-state index in [0.717, 1.165) is 10.4 Å². The highest BCUT2D eigenvalue weighted by Gasteiger charge is 2.19. The molecule has 23 heavy (non-hydrogen) atoms. The zero-order chi connectivity index (χ0) is 16.4. The summed E-state index contributed by atoms with van der Waals surface area (Å²) in [6.45, 7) is 2.50. The van der Waals surface area contributed by atoms with Gasteiger partial charge >= 0.3 is 5.97 Å². The highest BCUT2D eigenvalue weighted by atomic mass is 32.1. The number of benzene rings is 1. The van der Waals surface area contributed by atoms with Crippen LogP contribution in [0.4, 0.5) is 0 Å². The summed E-state index contributed by atoms with van der Waals surface area (Å²) in [5, 5.41) is 0. The third-order valence-corrected chi connectivity index (χ3v) is 4.43. The number of fused-ring (bicyclic) bond motifs is 1. The van der Waals surface area contributed by atoms with E-state index in [9.17, 15) is 9.59 Å². The summed E-state index contributed by atoms with van der Waals surface area (Å²) in [7, 11) is 0.